The quantitative estimate of drug-likeness (QED) is 0.780. The first-order valence-electron chi connectivity index (χ1n) is 6.61. The molecule has 0 heterocycles. The summed E-state index contributed by atoms with van der Waals surface area (Å²) < 4.78 is 0. The van der Waals surface area contributed by atoms with Gasteiger partial charge in [0, 0.05) is 17.5 Å². The summed E-state index contributed by atoms with van der Waals surface area (Å²) in [6.45, 7) is 6.75. The third-order valence-corrected chi connectivity index (χ3v) is 3.65. The molecule has 2 atom stereocenters. The fraction of sp³-hybridized carbons (Fsp3) is 0.500. The summed E-state index contributed by atoms with van der Waals surface area (Å²) in [6, 6.07) is 11.9. The second-order valence-corrected chi connectivity index (χ2v) is 5.61. The van der Waals surface area contributed by atoms with Crippen LogP contribution in [0.3, 0.4) is 0 Å². The van der Waals surface area contributed by atoms with Gasteiger partial charge >= 0.3 is 0 Å². The van der Waals surface area contributed by atoms with Gasteiger partial charge in [-0.25, -0.2) is 0 Å². The maximum atomic E-state index is 3.58. The van der Waals surface area contributed by atoms with Crippen molar-refractivity contribution in [2.75, 3.05) is 0 Å². The van der Waals surface area contributed by atoms with Crippen molar-refractivity contribution in [3.63, 3.8) is 0 Å². The Morgan fingerprint density at radius 1 is 1.24 bits per heavy atom. The van der Waals surface area contributed by atoms with E-state index in [-0.39, 0.29) is 5.41 Å². The molecule has 1 N–H and O–H groups in total. The van der Waals surface area contributed by atoms with Crippen molar-refractivity contribution < 1.29 is 0 Å². The van der Waals surface area contributed by atoms with E-state index in [0.717, 1.165) is 0 Å². The minimum Gasteiger partial charge on any atom is -0.308 e. The summed E-state index contributed by atoms with van der Waals surface area (Å²) in [4.78, 5) is 0. The van der Waals surface area contributed by atoms with E-state index in [1.165, 1.54) is 18.4 Å². The zero-order valence-corrected chi connectivity index (χ0v) is 11.1. The Labute approximate surface area is 105 Å². The van der Waals surface area contributed by atoms with Crippen LogP contribution < -0.4 is 5.32 Å². The second-order valence-electron chi connectivity index (χ2n) is 5.61. The standard InChI is InChI=1S/C16H23N/c1-13(2)17-15-9-11-16(3,12-10-15)14-7-5-4-6-8-14/h4-9,11,13,15,17H,10,12H2,1-3H3. The molecule has 0 radical (unpaired) electrons. The molecule has 1 heteroatoms. The Balaban J connectivity index is 2.10. The molecule has 0 spiro atoms. The number of hydrogen-bond donors (Lipinski definition) is 1. The van der Waals surface area contributed by atoms with Crippen LogP contribution in [0, 0.1) is 0 Å². The highest BCUT2D eigenvalue weighted by Crippen LogP contribution is 2.34. The van der Waals surface area contributed by atoms with Crippen molar-refractivity contribution in [1.82, 2.24) is 5.32 Å². The monoisotopic (exact) mass is 229 g/mol. The van der Waals surface area contributed by atoms with Gasteiger partial charge in [-0.3, -0.25) is 0 Å². The molecule has 0 amide bonds. The molecular formula is C16H23N. The van der Waals surface area contributed by atoms with Crippen LogP contribution in [-0.4, -0.2) is 12.1 Å². The van der Waals surface area contributed by atoms with Crippen LogP contribution in [0.4, 0.5) is 0 Å². The molecule has 0 aromatic heterocycles. The summed E-state index contributed by atoms with van der Waals surface area (Å²) >= 11 is 0. The van der Waals surface area contributed by atoms with Crippen LogP contribution in [0.2, 0.25) is 0 Å². The number of benzene rings is 1. The first kappa shape index (κ1) is 12.4. The van der Waals surface area contributed by atoms with Gasteiger partial charge in [0.1, 0.15) is 0 Å². The largest absolute Gasteiger partial charge is 0.308 e. The molecule has 92 valence electrons. The highest BCUT2D eigenvalue weighted by Gasteiger charge is 2.27. The van der Waals surface area contributed by atoms with Crippen LogP contribution in [0.15, 0.2) is 42.5 Å². The van der Waals surface area contributed by atoms with E-state index in [1.54, 1.807) is 0 Å². The molecule has 0 bridgehead atoms. The third kappa shape index (κ3) is 2.98. The van der Waals surface area contributed by atoms with Gasteiger partial charge in [0.2, 0.25) is 0 Å². The molecule has 2 rings (SSSR count). The molecule has 0 saturated carbocycles. The predicted octanol–water partition coefficient (Wildman–Crippen LogP) is 3.66. The highest BCUT2D eigenvalue weighted by molar-refractivity contribution is 5.31. The lowest BCUT2D eigenvalue weighted by Gasteiger charge is -2.33. The number of hydrogen-bond acceptors (Lipinski definition) is 1. The van der Waals surface area contributed by atoms with Crippen LogP contribution in [0.5, 0.6) is 0 Å². The number of nitrogens with one attached hydrogen (secondary N) is 1. The Morgan fingerprint density at radius 3 is 2.47 bits per heavy atom. The smallest absolute Gasteiger partial charge is 0.0253 e. The molecule has 2 unspecified atom stereocenters. The normalized spacial score (nSPS) is 28.6. The van der Waals surface area contributed by atoms with Gasteiger partial charge in [-0.15, -0.1) is 0 Å². The number of rotatable bonds is 3. The van der Waals surface area contributed by atoms with Gasteiger partial charge in [0.15, 0.2) is 0 Å². The Morgan fingerprint density at radius 2 is 1.94 bits per heavy atom. The molecule has 1 aliphatic rings. The van der Waals surface area contributed by atoms with Crippen molar-refractivity contribution in [2.24, 2.45) is 0 Å². The van der Waals surface area contributed by atoms with Crippen LogP contribution in [0.25, 0.3) is 0 Å². The zero-order chi connectivity index (χ0) is 12.3. The maximum absolute atomic E-state index is 3.58. The van der Waals surface area contributed by atoms with Crippen molar-refractivity contribution in [2.45, 2.75) is 51.1 Å². The summed E-state index contributed by atoms with van der Waals surface area (Å²) in [7, 11) is 0. The van der Waals surface area contributed by atoms with Gasteiger partial charge in [-0.2, -0.15) is 0 Å². The maximum Gasteiger partial charge on any atom is 0.0253 e. The molecule has 0 fully saturated rings. The van der Waals surface area contributed by atoms with Crippen LogP contribution in [-0.2, 0) is 5.41 Å². The molecule has 0 saturated heterocycles. The fourth-order valence-corrected chi connectivity index (χ4v) is 2.59. The molecule has 1 nitrogen and oxygen atoms in total. The topological polar surface area (TPSA) is 12.0 Å². The lowest BCUT2D eigenvalue weighted by Crippen LogP contribution is -2.37. The zero-order valence-electron chi connectivity index (χ0n) is 11.1. The molecule has 0 aliphatic heterocycles. The van der Waals surface area contributed by atoms with E-state index in [2.05, 4.69) is 68.6 Å². The molecule has 1 aliphatic carbocycles. The minimum absolute atomic E-state index is 0.219. The van der Waals surface area contributed by atoms with Gasteiger partial charge in [-0.05, 0) is 18.4 Å². The van der Waals surface area contributed by atoms with Crippen LogP contribution >= 0.6 is 0 Å². The van der Waals surface area contributed by atoms with Crippen molar-refractivity contribution in [3.05, 3.63) is 48.0 Å². The van der Waals surface area contributed by atoms with Crippen molar-refractivity contribution in [3.8, 4) is 0 Å². The first-order valence-corrected chi connectivity index (χ1v) is 6.61. The summed E-state index contributed by atoms with van der Waals surface area (Å²) in [5.74, 6) is 0. The van der Waals surface area contributed by atoms with Crippen molar-refractivity contribution >= 4 is 0 Å². The summed E-state index contributed by atoms with van der Waals surface area (Å²) in [5.41, 5.74) is 1.65. The lowest BCUT2D eigenvalue weighted by atomic mass is 9.74. The first-order chi connectivity index (χ1) is 8.10. The Bertz CT molecular complexity index is 380. The van der Waals surface area contributed by atoms with Crippen LogP contribution in [0.1, 0.15) is 39.2 Å². The molecule has 17 heavy (non-hydrogen) atoms. The average Bonchev–Trinajstić information content (AvgIpc) is 2.33. The minimum atomic E-state index is 0.219. The fourth-order valence-electron chi connectivity index (χ4n) is 2.59. The predicted molar refractivity (Wildman–Crippen MR) is 74.2 cm³/mol. The molecule has 1 aromatic carbocycles. The summed E-state index contributed by atoms with van der Waals surface area (Å²) in [5, 5.41) is 3.58. The van der Waals surface area contributed by atoms with Gasteiger partial charge in [0.25, 0.3) is 0 Å². The number of allylic oxidation sites excluding steroid dienone is 1. The average molecular weight is 229 g/mol. The van der Waals surface area contributed by atoms with E-state index in [1.807, 2.05) is 0 Å². The lowest BCUT2D eigenvalue weighted by molar-refractivity contribution is 0.409. The van der Waals surface area contributed by atoms with E-state index >= 15 is 0 Å². The molecule has 1 aromatic rings. The molecular weight excluding hydrogens is 206 g/mol. The SMILES string of the molecule is CC(C)NC1C=CC(C)(c2ccccc2)CC1. The second kappa shape index (κ2) is 5.05. The summed E-state index contributed by atoms with van der Waals surface area (Å²) in [6.07, 6.45) is 7.17. The van der Waals surface area contributed by atoms with Gasteiger partial charge in [0.05, 0.1) is 0 Å². The van der Waals surface area contributed by atoms with E-state index in [9.17, 15) is 0 Å². The van der Waals surface area contributed by atoms with E-state index < -0.39 is 0 Å². The van der Waals surface area contributed by atoms with Gasteiger partial charge in [-0.1, -0.05) is 63.3 Å². The third-order valence-electron chi connectivity index (χ3n) is 3.65. The van der Waals surface area contributed by atoms with Crippen molar-refractivity contribution in [1.29, 1.82) is 0 Å². The Kier molecular flexibility index (Phi) is 3.68. The van der Waals surface area contributed by atoms with E-state index in [4.69, 9.17) is 0 Å². The van der Waals surface area contributed by atoms with Gasteiger partial charge < -0.3 is 5.32 Å². The van der Waals surface area contributed by atoms with E-state index in [0.29, 0.717) is 12.1 Å². The Hall–Kier alpha value is -1.08. The highest BCUT2D eigenvalue weighted by atomic mass is 14.9.